The molecule has 0 N–H and O–H groups in total. The predicted octanol–water partition coefficient (Wildman–Crippen LogP) is 7.48. The van der Waals surface area contributed by atoms with Crippen molar-refractivity contribution in [1.29, 1.82) is 0 Å². The number of aryl methyl sites for hydroxylation is 1. The van der Waals surface area contributed by atoms with E-state index in [1.165, 1.54) is 44.9 Å². The van der Waals surface area contributed by atoms with Crippen molar-refractivity contribution >= 4 is 30.4 Å². The minimum atomic E-state index is -3.82. The second-order valence-corrected chi connectivity index (χ2v) is 13.2. The van der Waals surface area contributed by atoms with Crippen LogP contribution >= 0.6 is 20.2 Å². The summed E-state index contributed by atoms with van der Waals surface area (Å²) in [5.41, 5.74) is 1.01. The third kappa shape index (κ3) is 9.20. The van der Waals surface area contributed by atoms with E-state index in [1.54, 1.807) is 24.3 Å². The number of unbranched alkanes of at least 4 members (excludes halogenated alkanes) is 8. The summed E-state index contributed by atoms with van der Waals surface area (Å²) in [4.78, 5) is 0.191. The van der Waals surface area contributed by atoms with Gasteiger partial charge in [-0.3, -0.25) is 0 Å². The van der Waals surface area contributed by atoms with Gasteiger partial charge >= 0.3 is 191 Å². The second-order valence-electron chi connectivity index (χ2n) is 7.37. The van der Waals surface area contributed by atoms with Crippen molar-refractivity contribution in [2.75, 3.05) is 0 Å². The van der Waals surface area contributed by atoms with Gasteiger partial charge in [0, 0.05) is 0 Å². The van der Waals surface area contributed by atoms with E-state index in [0.717, 1.165) is 22.0 Å². The van der Waals surface area contributed by atoms with Gasteiger partial charge in [-0.1, -0.05) is 0 Å². The normalized spacial score (nSPS) is 11.6. The van der Waals surface area contributed by atoms with Crippen LogP contribution in [0.2, 0.25) is 0 Å². The van der Waals surface area contributed by atoms with Crippen molar-refractivity contribution in [2.24, 2.45) is 0 Å². The molecule has 0 radical (unpaired) electrons. The molecule has 0 saturated carbocycles. The van der Waals surface area contributed by atoms with Crippen LogP contribution in [0, 0.1) is 20.3 Å². The second kappa shape index (κ2) is 13.8. The molecule has 0 unspecified atom stereocenters. The van der Waals surface area contributed by atoms with E-state index in [2.05, 4.69) is 16.8 Å². The molecular formula is C25H33IO3S. The molecular weight excluding hydrogens is 507 g/mol. The summed E-state index contributed by atoms with van der Waals surface area (Å²) in [6.45, 7) is 4.16. The molecule has 2 aromatic carbocycles. The van der Waals surface area contributed by atoms with Gasteiger partial charge in [0.05, 0.1) is 0 Å². The molecule has 0 aliphatic heterocycles. The van der Waals surface area contributed by atoms with Crippen LogP contribution in [0.4, 0.5) is 0 Å². The van der Waals surface area contributed by atoms with Gasteiger partial charge in [0.15, 0.2) is 0 Å². The summed E-state index contributed by atoms with van der Waals surface area (Å²) >= 11 is -2.63. The zero-order valence-electron chi connectivity index (χ0n) is 18.1. The molecule has 0 bridgehead atoms. The van der Waals surface area contributed by atoms with Crippen molar-refractivity contribution < 1.29 is 10.9 Å². The number of rotatable bonds is 12. The summed E-state index contributed by atoms with van der Waals surface area (Å²) in [5.74, 6) is 3.21. The van der Waals surface area contributed by atoms with Gasteiger partial charge in [-0.05, 0) is 0 Å². The Bertz CT molecular complexity index is 897. The molecule has 0 aromatic heterocycles. The van der Waals surface area contributed by atoms with Gasteiger partial charge < -0.3 is 0 Å². The Labute approximate surface area is 190 Å². The van der Waals surface area contributed by atoms with Crippen molar-refractivity contribution in [2.45, 2.75) is 76.5 Å². The molecule has 2 rings (SSSR count). The molecule has 0 heterocycles. The van der Waals surface area contributed by atoms with Crippen LogP contribution in [0.1, 0.15) is 70.3 Å². The zero-order chi connectivity index (χ0) is 21.7. The summed E-state index contributed by atoms with van der Waals surface area (Å²) in [6.07, 6.45) is 10.9. The van der Waals surface area contributed by atoms with E-state index in [9.17, 15) is 8.42 Å². The average Bonchev–Trinajstić information content (AvgIpc) is 2.75. The summed E-state index contributed by atoms with van der Waals surface area (Å²) in [5, 5.41) is 0. The quantitative estimate of drug-likeness (QED) is 0.159. The number of hydrogen-bond acceptors (Lipinski definition) is 3. The van der Waals surface area contributed by atoms with Gasteiger partial charge in [-0.15, -0.1) is 0 Å². The number of hydrogen-bond donors (Lipinski definition) is 0. The third-order valence-electron chi connectivity index (χ3n) is 4.69. The summed E-state index contributed by atoms with van der Waals surface area (Å²) in [6, 6.07) is 16.3. The SMILES string of the molecule is CCCCCCCCCCC#CI(OS(=O)(=O)c1ccc(C)cc1)c1ccccc1. The van der Waals surface area contributed by atoms with Gasteiger partial charge in [-0.25, -0.2) is 0 Å². The molecule has 2 aromatic rings. The van der Waals surface area contributed by atoms with Crippen LogP contribution in [-0.4, -0.2) is 8.42 Å². The predicted molar refractivity (Wildman–Crippen MR) is 134 cm³/mol. The molecule has 0 fully saturated rings. The maximum absolute atomic E-state index is 12.8. The zero-order valence-corrected chi connectivity index (χ0v) is 21.0. The van der Waals surface area contributed by atoms with Crippen LogP contribution in [0.25, 0.3) is 0 Å². The molecule has 0 amide bonds. The van der Waals surface area contributed by atoms with E-state index in [-0.39, 0.29) is 4.90 Å². The minimum absolute atomic E-state index is 0.191. The van der Waals surface area contributed by atoms with Crippen molar-refractivity contribution in [3.05, 3.63) is 63.7 Å². The number of halogens is 1. The molecule has 3 nitrogen and oxygen atoms in total. The molecule has 164 valence electrons. The van der Waals surface area contributed by atoms with Crippen molar-refractivity contribution in [1.82, 2.24) is 0 Å². The fourth-order valence-corrected chi connectivity index (χ4v) is 8.66. The van der Waals surface area contributed by atoms with Gasteiger partial charge in [0.25, 0.3) is 0 Å². The first-order valence-electron chi connectivity index (χ1n) is 10.8. The fraction of sp³-hybridized carbons (Fsp3) is 0.440. The summed E-state index contributed by atoms with van der Waals surface area (Å²) in [7, 11) is -3.82. The topological polar surface area (TPSA) is 43.4 Å². The average molecular weight is 541 g/mol. The summed E-state index contributed by atoms with van der Waals surface area (Å²) < 4.78 is 35.3. The first-order valence-corrected chi connectivity index (χ1v) is 15.2. The van der Waals surface area contributed by atoms with Crippen molar-refractivity contribution in [3.8, 4) is 9.85 Å². The van der Waals surface area contributed by atoms with Crippen LogP contribution in [0.5, 0.6) is 0 Å². The van der Waals surface area contributed by atoms with Crippen molar-refractivity contribution in [3.63, 3.8) is 0 Å². The van der Waals surface area contributed by atoms with Crippen LogP contribution in [0.3, 0.4) is 0 Å². The Balaban J connectivity index is 1.94. The standard InChI is InChI=1S/C25H33IO3S/c1-3-4-5-6-7-8-9-10-11-15-22-26(24-16-13-12-14-17-24)29-30(27,28)25-20-18-23(2)19-21-25/h12-14,16-21H,3-11H2,1-2H3. The number of benzene rings is 2. The first kappa shape index (κ1) is 24.9. The van der Waals surface area contributed by atoms with Crippen LogP contribution in [0.15, 0.2) is 59.5 Å². The Morgan fingerprint density at radius 1 is 0.833 bits per heavy atom. The van der Waals surface area contributed by atoms with Crippen LogP contribution < -0.4 is 0 Å². The monoisotopic (exact) mass is 540 g/mol. The molecule has 0 saturated heterocycles. The molecule has 30 heavy (non-hydrogen) atoms. The van der Waals surface area contributed by atoms with E-state index in [1.807, 2.05) is 37.3 Å². The first-order chi connectivity index (χ1) is 14.5. The molecule has 0 atom stereocenters. The van der Waals surface area contributed by atoms with E-state index in [4.69, 9.17) is 2.51 Å². The van der Waals surface area contributed by atoms with E-state index >= 15 is 0 Å². The third-order valence-corrected chi connectivity index (χ3v) is 11.1. The molecule has 0 spiro atoms. The molecule has 0 aliphatic carbocycles. The molecule has 5 heteroatoms. The van der Waals surface area contributed by atoms with Gasteiger partial charge in [-0.2, -0.15) is 0 Å². The molecule has 0 aliphatic rings. The maximum atomic E-state index is 12.8. The Kier molecular flexibility index (Phi) is 11.5. The Morgan fingerprint density at radius 2 is 1.43 bits per heavy atom. The Hall–Kier alpha value is -1.36. The Morgan fingerprint density at radius 3 is 2.07 bits per heavy atom. The fourth-order valence-electron chi connectivity index (χ4n) is 2.92. The van der Waals surface area contributed by atoms with Gasteiger partial charge in [0.2, 0.25) is 0 Å². The van der Waals surface area contributed by atoms with E-state index < -0.39 is 30.4 Å². The van der Waals surface area contributed by atoms with Gasteiger partial charge in [0.1, 0.15) is 0 Å². The van der Waals surface area contributed by atoms with E-state index in [0.29, 0.717) is 0 Å². The van der Waals surface area contributed by atoms with Crippen LogP contribution in [-0.2, 0) is 12.6 Å².